The minimum atomic E-state index is -3.97. The quantitative estimate of drug-likeness (QED) is 0.287. The van der Waals surface area contributed by atoms with Crippen LogP contribution in [0.25, 0.3) is 0 Å². The van der Waals surface area contributed by atoms with Crippen molar-refractivity contribution in [3.63, 3.8) is 0 Å². The number of sulfonamides is 1. The van der Waals surface area contributed by atoms with Crippen LogP contribution in [0.1, 0.15) is 61.8 Å². The van der Waals surface area contributed by atoms with E-state index in [-0.39, 0.29) is 53.6 Å². The van der Waals surface area contributed by atoms with E-state index in [0.717, 1.165) is 6.42 Å². The van der Waals surface area contributed by atoms with Gasteiger partial charge in [-0.15, -0.1) is 0 Å². The van der Waals surface area contributed by atoms with Gasteiger partial charge < -0.3 is 34.6 Å². The second kappa shape index (κ2) is 16.6. The number of hydrogen-bond donors (Lipinski definition) is 3. The van der Waals surface area contributed by atoms with E-state index in [0.29, 0.717) is 36.6 Å². The van der Waals surface area contributed by atoms with E-state index < -0.39 is 39.9 Å². The maximum absolute atomic E-state index is 14.3. The summed E-state index contributed by atoms with van der Waals surface area (Å²) >= 11 is 0. The van der Waals surface area contributed by atoms with Crippen molar-refractivity contribution < 1.29 is 41.5 Å². The van der Waals surface area contributed by atoms with Gasteiger partial charge in [-0.3, -0.25) is 4.79 Å². The van der Waals surface area contributed by atoms with E-state index in [4.69, 9.17) is 14.0 Å². The summed E-state index contributed by atoms with van der Waals surface area (Å²) in [6, 6.07) is 8.82. The average Bonchev–Trinajstić information content (AvgIpc) is 3.41. The van der Waals surface area contributed by atoms with Crippen molar-refractivity contribution in [2.24, 2.45) is 5.92 Å². The summed E-state index contributed by atoms with van der Waals surface area (Å²) < 4.78 is 59.3. The van der Waals surface area contributed by atoms with Gasteiger partial charge >= 0.3 is 6.03 Å². The van der Waals surface area contributed by atoms with E-state index in [1.165, 1.54) is 46.6 Å². The van der Waals surface area contributed by atoms with Gasteiger partial charge in [0.25, 0.3) is 5.91 Å². The summed E-state index contributed by atoms with van der Waals surface area (Å²) in [6.07, 6.45) is 1.25. The number of aryl methyl sites for hydroxylation is 2. The molecule has 15 heteroatoms. The van der Waals surface area contributed by atoms with Gasteiger partial charge in [0.15, 0.2) is 5.76 Å². The van der Waals surface area contributed by atoms with E-state index in [9.17, 15) is 27.5 Å². The molecule has 4 atom stereocenters. The van der Waals surface area contributed by atoms with Gasteiger partial charge in [0.1, 0.15) is 22.2 Å². The van der Waals surface area contributed by atoms with Crippen LogP contribution in [0, 0.1) is 25.6 Å². The Bertz CT molecular complexity index is 1680. The minimum Gasteiger partial charge on any atom is -0.490 e. The van der Waals surface area contributed by atoms with Crippen LogP contribution in [0.5, 0.6) is 5.75 Å². The summed E-state index contributed by atoms with van der Waals surface area (Å²) in [4.78, 5) is 28.6. The second-order valence-electron chi connectivity index (χ2n) is 12.5. The van der Waals surface area contributed by atoms with Crippen LogP contribution < -0.4 is 15.4 Å². The van der Waals surface area contributed by atoms with Crippen LogP contribution in [0.4, 0.5) is 20.6 Å². The number of likely N-dealkylation sites (N-methyl/N-ethyl adjacent to an activating group) is 1. The number of amides is 3. The zero-order valence-electron chi connectivity index (χ0n) is 28.7. The minimum absolute atomic E-state index is 0.00354. The molecule has 0 saturated carbocycles. The Morgan fingerprint density at radius 1 is 1.12 bits per heavy atom. The number of aromatic nitrogens is 1. The van der Waals surface area contributed by atoms with Crippen LogP contribution in [0.3, 0.4) is 0 Å². The molecule has 2 aromatic carbocycles. The normalized spacial score (nSPS) is 20.2. The number of rotatable bonds is 8. The third-order valence-electron chi connectivity index (χ3n) is 8.48. The van der Waals surface area contributed by atoms with Crippen molar-refractivity contribution in [1.82, 2.24) is 14.4 Å². The molecule has 1 aliphatic rings. The summed E-state index contributed by atoms with van der Waals surface area (Å²) in [5, 5.41) is 19.3. The smallest absolute Gasteiger partial charge is 0.323 e. The highest BCUT2D eigenvalue weighted by molar-refractivity contribution is 7.89. The molecule has 2 heterocycles. The lowest BCUT2D eigenvalue weighted by Gasteiger charge is -2.35. The number of nitrogens with one attached hydrogen (secondary N) is 2. The molecule has 0 spiro atoms. The van der Waals surface area contributed by atoms with Gasteiger partial charge in [-0.1, -0.05) is 12.1 Å². The largest absolute Gasteiger partial charge is 0.490 e. The molecule has 0 radical (unpaired) electrons. The Balaban J connectivity index is 1.63. The van der Waals surface area contributed by atoms with Gasteiger partial charge in [-0.05, 0) is 89.4 Å². The van der Waals surface area contributed by atoms with Crippen LogP contribution >= 0.6 is 0 Å². The highest BCUT2D eigenvalue weighted by Gasteiger charge is 2.34. The number of nitrogens with zero attached hydrogens (tertiary/aromatic N) is 3. The molecule has 1 aliphatic heterocycles. The Hall–Kier alpha value is -4.05. The van der Waals surface area contributed by atoms with Gasteiger partial charge in [0.05, 0.1) is 30.4 Å². The van der Waals surface area contributed by atoms with E-state index in [1.54, 1.807) is 32.9 Å². The summed E-state index contributed by atoms with van der Waals surface area (Å²) in [5.41, 5.74) is 1.12. The van der Waals surface area contributed by atoms with Crippen LogP contribution in [0.15, 0.2) is 51.9 Å². The Morgan fingerprint density at radius 3 is 2.45 bits per heavy atom. The number of hydrogen-bond acceptors (Lipinski definition) is 9. The number of urea groups is 1. The zero-order valence-corrected chi connectivity index (χ0v) is 29.5. The number of carbonyl (C=O) groups excluding carboxylic acids is 2. The van der Waals surface area contributed by atoms with Crippen molar-refractivity contribution in [1.29, 1.82) is 0 Å². The number of carbonyl (C=O) groups is 2. The molecule has 268 valence electrons. The second-order valence-corrected chi connectivity index (χ2v) is 14.5. The standard InChI is InChI=1S/C34H46FN5O8S/c1-21-18-40(22(2)20-41)33(42)29-17-28(37-34(43)36-27-12-10-26(35)11-13-27)14-15-30(29)47-23(3)9-7-8-16-46-31(21)19-39(6)49(44,45)32-24(4)38-48-25(32)5/h10-15,17,21-23,31,41H,7-9,16,18-20H2,1-6H3,(H2,36,37,43)/t21-,22-,23+,31+/m1/s1. The topological polar surface area (TPSA) is 164 Å². The number of aliphatic hydroxyl groups excluding tert-OH is 1. The predicted octanol–water partition coefficient (Wildman–Crippen LogP) is 5.19. The SMILES string of the molecule is Cc1noc(C)c1S(=O)(=O)N(C)C[C@@H]1OCCCC[C@H](C)Oc2ccc(NC(=O)Nc3ccc(F)cc3)cc2C(=O)N([C@H](C)CO)C[C@H]1C. The lowest BCUT2D eigenvalue weighted by Crippen LogP contribution is -2.48. The third-order valence-corrected chi connectivity index (χ3v) is 10.6. The number of ether oxygens (including phenoxy) is 2. The molecule has 0 unspecified atom stereocenters. The van der Waals surface area contributed by atoms with Gasteiger partial charge in [0, 0.05) is 44.0 Å². The first-order valence-electron chi connectivity index (χ1n) is 16.3. The molecule has 13 nitrogen and oxygen atoms in total. The van der Waals surface area contributed by atoms with E-state index in [2.05, 4.69) is 15.8 Å². The van der Waals surface area contributed by atoms with Crippen molar-refractivity contribution in [3.05, 3.63) is 65.3 Å². The monoisotopic (exact) mass is 703 g/mol. The summed E-state index contributed by atoms with van der Waals surface area (Å²) in [7, 11) is -2.50. The number of fused-ring (bicyclic) bond motifs is 1. The van der Waals surface area contributed by atoms with Crippen molar-refractivity contribution in [3.8, 4) is 5.75 Å². The molecule has 4 rings (SSSR count). The van der Waals surface area contributed by atoms with Gasteiger partial charge in [-0.2, -0.15) is 4.31 Å². The molecule has 0 fully saturated rings. The molecule has 3 N–H and O–H groups in total. The van der Waals surface area contributed by atoms with Gasteiger partial charge in [-0.25, -0.2) is 17.6 Å². The number of aliphatic hydroxyl groups is 1. The molecule has 3 amide bonds. The average molecular weight is 704 g/mol. The maximum Gasteiger partial charge on any atom is 0.323 e. The Labute approximate surface area is 286 Å². The fourth-order valence-electron chi connectivity index (χ4n) is 5.64. The molecular weight excluding hydrogens is 657 g/mol. The van der Waals surface area contributed by atoms with Gasteiger partial charge in [0.2, 0.25) is 10.0 Å². The Kier molecular flexibility index (Phi) is 12.8. The first-order valence-corrected chi connectivity index (χ1v) is 17.7. The number of anilines is 2. The zero-order chi connectivity index (χ0) is 35.9. The van der Waals surface area contributed by atoms with Crippen molar-refractivity contribution >= 4 is 33.3 Å². The van der Waals surface area contributed by atoms with Crippen LogP contribution in [-0.4, -0.2) is 91.4 Å². The lowest BCUT2D eigenvalue weighted by atomic mass is 10.0. The van der Waals surface area contributed by atoms with Crippen molar-refractivity contribution in [2.45, 2.75) is 77.0 Å². The van der Waals surface area contributed by atoms with Crippen LogP contribution in [-0.2, 0) is 14.8 Å². The summed E-state index contributed by atoms with van der Waals surface area (Å²) in [6.45, 7) is 8.73. The molecule has 1 aromatic heterocycles. The summed E-state index contributed by atoms with van der Waals surface area (Å²) in [5.74, 6) is -0.762. The van der Waals surface area contributed by atoms with E-state index in [1.807, 2.05) is 13.8 Å². The fourth-order valence-corrected chi connectivity index (χ4v) is 7.11. The number of benzene rings is 2. The molecule has 0 bridgehead atoms. The lowest BCUT2D eigenvalue weighted by molar-refractivity contribution is -0.00835. The van der Waals surface area contributed by atoms with E-state index >= 15 is 0 Å². The molecular formula is C34H46FN5O8S. The third kappa shape index (κ3) is 9.56. The molecule has 49 heavy (non-hydrogen) atoms. The fraction of sp³-hybridized carbons (Fsp3) is 0.500. The predicted molar refractivity (Wildman–Crippen MR) is 182 cm³/mol. The highest BCUT2D eigenvalue weighted by Crippen LogP contribution is 2.29. The first-order chi connectivity index (χ1) is 23.2. The van der Waals surface area contributed by atoms with Crippen molar-refractivity contribution in [2.75, 3.05) is 44.0 Å². The maximum atomic E-state index is 14.3. The number of halogens is 1. The molecule has 0 saturated heterocycles. The van der Waals surface area contributed by atoms with Crippen LogP contribution in [0.2, 0.25) is 0 Å². The highest BCUT2D eigenvalue weighted by atomic mass is 32.2. The molecule has 0 aliphatic carbocycles. The Morgan fingerprint density at radius 2 is 1.80 bits per heavy atom. The molecule has 3 aromatic rings. The first kappa shape index (κ1) is 37.8.